The first-order valence-corrected chi connectivity index (χ1v) is 10.4. The smallest absolute Gasteiger partial charge is 0.248 e. The quantitative estimate of drug-likeness (QED) is 0.689. The first-order chi connectivity index (χ1) is 13.7. The topological polar surface area (TPSA) is 62.5 Å². The standard InChI is InChI=1S/C22H24N4OS/c23-20(17-9-3-1-4-10-17)21(27)26(18-11-5-2-6-12-18)16-19-15-24-22(28-19)25-13-7-8-14-25/h1-6,9-12,15,20H,7-8,13-14,16,23H2/t20-/m1/s1. The van der Waals surface area contributed by atoms with Gasteiger partial charge in [0, 0.05) is 29.9 Å². The molecule has 144 valence electrons. The molecule has 0 unspecified atom stereocenters. The van der Waals surface area contributed by atoms with Gasteiger partial charge in [-0.3, -0.25) is 4.79 Å². The minimum Gasteiger partial charge on any atom is -0.348 e. The highest BCUT2D eigenvalue weighted by Crippen LogP contribution is 2.29. The van der Waals surface area contributed by atoms with Crippen molar-refractivity contribution in [2.24, 2.45) is 5.73 Å². The first-order valence-electron chi connectivity index (χ1n) is 9.59. The van der Waals surface area contributed by atoms with E-state index in [2.05, 4.69) is 9.88 Å². The number of hydrogen-bond acceptors (Lipinski definition) is 5. The molecule has 6 heteroatoms. The van der Waals surface area contributed by atoms with E-state index in [0.29, 0.717) is 6.54 Å². The lowest BCUT2D eigenvalue weighted by molar-refractivity contribution is -0.120. The van der Waals surface area contributed by atoms with E-state index in [1.165, 1.54) is 12.8 Å². The number of nitrogens with two attached hydrogens (primary N) is 1. The van der Waals surface area contributed by atoms with E-state index in [1.807, 2.05) is 66.9 Å². The van der Waals surface area contributed by atoms with Gasteiger partial charge in [-0.2, -0.15) is 0 Å². The highest BCUT2D eigenvalue weighted by molar-refractivity contribution is 7.15. The molecule has 0 bridgehead atoms. The van der Waals surface area contributed by atoms with Crippen molar-refractivity contribution < 1.29 is 4.79 Å². The van der Waals surface area contributed by atoms with E-state index in [9.17, 15) is 4.79 Å². The van der Waals surface area contributed by atoms with Gasteiger partial charge in [0.2, 0.25) is 5.91 Å². The second kappa shape index (κ2) is 8.54. The summed E-state index contributed by atoms with van der Waals surface area (Å²) in [5.41, 5.74) is 7.98. The minimum absolute atomic E-state index is 0.117. The first kappa shape index (κ1) is 18.7. The SMILES string of the molecule is N[C@@H](C(=O)N(Cc1cnc(N2CCCC2)s1)c1ccccc1)c1ccccc1. The molecule has 1 saturated heterocycles. The lowest BCUT2D eigenvalue weighted by atomic mass is 10.1. The van der Waals surface area contributed by atoms with Gasteiger partial charge in [0.05, 0.1) is 6.54 Å². The van der Waals surface area contributed by atoms with Gasteiger partial charge in [0.25, 0.3) is 0 Å². The number of amides is 1. The van der Waals surface area contributed by atoms with Gasteiger partial charge in [-0.25, -0.2) is 4.98 Å². The number of para-hydroxylation sites is 1. The zero-order valence-electron chi connectivity index (χ0n) is 15.7. The minimum atomic E-state index is -0.701. The molecule has 3 aromatic rings. The molecule has 2 aromatic carbocycles. The highest BCUT2D eigenvalue weighted by Gasteiger charge is 2.25. The molecule has 5 nitrogen and oxygen atoms in total. The number of hydrogen-bond donors (Lipinski definition) is 1. The predicted octanol–water partition coefficient (Wildman–Crippen LogP) is 3.98. The van der Waals surface area contributed by atoms with E-state index < -0.39 is 6.04 Å². The summed E-state index contributed by atoms with van der Waals surface area (Å²) in [6, 6.07) is 18.5. The third kappa shape index (κ3) is 4.08. The predicted molar refractivity (Wildman–Crippen MR) is 115 cm³/mol. The third-order valence-corrected chi connectivity index (χ3v) is 6.03. The van der Waals surface area contributed by atoms with Gasteiger partial charge >= 0.3 is 0 Å². The molecule has 1 atom stereocenters. The van der Waals surface area contributed by atoms with Crippen LogP contribution in [-0.2, 0) is 11.3 Å². The zero-order valence-corrected chi connectivity index (χ0v) is 16.5. The largest absolute Gasteiger partial charge is 0.348 e. The number of rotatable bonds is 6. The number of benzene rings is 2. The van der Waals surface area contributed by atoms with Crippen molar-refractivity contribution in [2.45, 2.75) is 25.4 Å². The van der Waals surface area contributed by atoms with Crippen LogP contribution in [0.1, 0.15) is 29.3 Å². The van der Waals surface area contributed by atoms with Crippen LogP contribution in [0.15, 0.2) is 66.9 Å². The van der Waals surface area contributed by atoms with Crippen LogP contribution in [0.25, 0.3) is 0 Å². The van der Waals surface area contributed by atoms with Crippen LogP contribution in [0.4, 0.5) is 10.8 Å². The highest BCUT2D eigenvalue weighted by atomic mass is 32.1. The molecule has 4 rings (SSSR count). The molecular weight excluding hydrogens is 368 g/mol. The average Bonchev–Trinajstić information content (AvgIpc) is 3.44. The normalized spacial score (nSPS) is 14.8. The number of thiazole rings is 1. The summed E-state index contributed by atoms with van der Waals surface area (Å²) in [6.45, 7) is 2.59. The summed E-state index contributed by atoms with van der Waals surface area (Å²) in [4.78, 5) is 23.0. The Labute approximate surface area is 169 Å². The average molecular weight is 393 g/mol. The number of anilines is 2. The lowest BCUT2D eigenvalue weighted by Crippen LogP contribution is -2.38. The maximum absolute atomic E-state index is 13.3. The fourth-order valence-electron chi connectivity index (χ4n) is 3.46. The number of aromatic nitrogens is 1. The Kier molecular flexibility index (Phi) is 5.69. The summed E-state index contributed by atoms with van der Waals surface area (Å²) in [6.07, 6.45) is 4.32. The zero-order chi connectivity index (χ0) is 19.3. The summed E-state index contributed by atoms with van der Waals surface area (Å²) in [5, 5.41) is 1.04. The molecule has 28 heavy (non-hydrogen) atoms. The molecule has 1 aliphatic rings. The van der Waals surface area contributed by atoms with Gasteiger partial charge < -0.3 is 15.5 Å². The van der Waals surface area contributed by atoms with Crippen LogP contribution >= 0.6 is 11.3 Å². The maximum atomic E-state index is 13.3. The molecule has 0 spiro atoms. The number of nitrogens with zero attached hydrogens (tertiary/aromatic N) is 3. The van der Waals surface area contributed by atoms with E-state index in [4.69, 9.17) is 5.73 Å². The van der Waals surface area contributed by atoms with Crippen molar-refractivity contribution in [1.29, 1.82) is 0 Å². The van der Waals surface area contributed by atoms with Crippen LogP contribution in [0, 0.1) is 0 Å². The van der Waals surface area contributed by atoms with Gasteiger partial charge in [-0.05, 0) is 30.5 Å². The van der Waals surface area contributed by atoms with E-state index in [0.717, 1.165) is 34.3 Å². The summed E-state index contributed by atoms with van der Waals surface area (Å²) >= 11 is 1.66. The summed E-state index contributed by atoms with van der Waals surface area (Å²) in [5.74, 6) is -0.117. The second-order valence-corrected chi connectivity index (χ2v) is 8.05. The van der Waals surface area contributed by atoms with Crippen molar-refractivity contribution >= 4 is 28.1 Å². The molecule has 2 heterocycles. The van der Waals surface area contributed by atoms with Gasteiger partial charge in [0.15, 0.2) is 5.13 Å². The fourth-order valence-corrected chi connectivity index (χ4v) is 4.41. The molecule has 1 fully saturated rings. The van der Waals surface area contributed by atoms with Crippen molar-refractivity contribution in [1.82, 2.24) is 4.98 Å². The summed E-state index contributed by atoms with van der Waals surface area (Å²) in [7, 11) is 0. The number of carbonyl (C=O) groups is 1. The molecular formula is C22H24N4OS. The third-order valence-electron chi connectivity index (χ3n) is 4.99. The van der Waals surface area contributed by atoms with Crippen LogP contribution in [0.3, 0.4) is 0 Å². The van der Waals surface area contributed by atoms with Crippen molar-refractivity contribution in [3.63, 3.8) is 0 Å². The molecule has 1 amide bonds. The van der Waals surface area contributed by atoms with Crippen molar-refractivity contribution in [3.05, 3.63) is 77.3 Å². The molecule has 0 aliphatic carbocycles. The van der Waals surface area contributed by atoms with Gasteiger partial charge in [0.1, 0.15) is 6.04 Å². The van der Waals surface area contributed by atoms with Crippen molar-refractivity contribution in [3.8, 4) is 0 Å². The molecule has 1 aromatic heterocycles. The monoisotopic (exact) mass is 392 g/mol. The molecule has 0 radical (unpaired) electrons. The van der Waals surface area contributed by atoms with Crippen LogP contribution in [-0.4, -0.2) is 24.0 Å². The van der Waals surface area contributed by atoms with E-state index in [1.54, 1.807) is 16.2 Å². The van der Waals surface area contributed by atoms with E-state index in [-0.39, 0.29) is 5.91 Å². The Morgan fingerprint density at radius 1 is 1.07 bits per heavy atom. The van der Waals surface area contributed by atoms with Gasteiger partial charge in [-0.1, -0.05) is 48.5 Å². The second-order valence-electron chi connectivity index (χ2n) is 6.95. The fraction of sp³-hybridized carbons (Fsp3) is 0.273. The molecule has 2 N–H and O–H groups in total. The van der Waals surface area contributed by atoms with E-state index >= 15 is 0 Å². The summed E-state index contributed by atoms with van der Waals surface area (Å²) < 4.78 is 0. The maximum Gasteiger partial charge on any atom is 0.248 e. The van der Waals surface area contributed by atoms with Crippen LogP contribution < -0.4 is 15.5 Å². The Hall–Kier alpha value is -2.70. The Bertz CT molecular complexity index is 907. The molecule has 1 aliphatic heterocycles. The molecule has 0 saturated carbocycles. The van der Waals surface area contributed by atoms with Crippen molar-refractivity contribution in [2.75, 3.05) is 22.9 Å². The van der Waals surface area contributed by atoms with Crippen LogP contribution in [0.5, 0.6) is 0 Å². The Morgan fingerprint density at radius 3 is 2.39 bits per heavy atom. The van der Waals surface area contributed by atoms with Crippen LogP contribution in [0.2, 0.25) is 0 Å². The Morgan fingerprint density at radius 2 is 1.71 bits per heavy atom. The Balaban J connectivity index is 1.58. The number of carbonyl (C=O) groups excluding carboxylic acids is 1. The van der Waals surface area contributed by atoms with Gasteiger partial charge in [-0.15, -0.1) is 11.3 Å². The lowest BCUT2D eigenvalue weighted by Gasteiger charge is -2.25.